The van der Waals surface area contributed by atoms with Gasteiger partial charge in [-0.3, -0.25) is 0 Å². The number of nitriles is 1. The third kappa shape index (κ3) is 2.93. The van der Waals surface area contributed by atoms with E-state index < -0.39 is 0 Å². The second-order valence-electron chi connectivity index (χ2n) is 4.48. The van der Waals surface area contributed by atoms with Crippen LogP contribution >= 0.6 is 0 Å². The molecule has 0 bridgehead atoms. The van der Waals surface area contributed by atoms with Gasteiger partial charge in [0.05, 0.1) is 18.2 Å². The summed E-state index contributed by atoms with van der Waals surface area (Å²) >= 11 is 0. The second kappa shape index (κ2) is 5.13. The molecule has 19 heavy (non-hydrogen) atoms. The molecule has 0 radical (unpaired) electrons. The summed E-state index contributed by atoms with van der Waals surface area (Å²) in [4.78, 5) is 0. The minimum atomic E-state index is 0.276. The Kier molecular flexibility index (Phi) is 3.18. The van der Waals surface area contributed by atoms with Crippen molar-refractivity contribution in [2.75, 3.05) is 13.2 Å². The molecule has 3 heteroatoms. The van der Waals surface area contributed by atoms with E-state index in [1.807, 2.05) is 48.5 Å². The molecule has 3 rings (SSSR count). The van der Waals surface area contributed by atoms with Crippen molar-refractivity contribution in [1.82, 2.24) is 0 Å². The Morgan fingerprint density at radius 1 is 1.05 bits per heavy atom. The molecule has 1 fully saturated rings. The lowest BCUT2D eigenvalue weighted by molar-refractivity contribution is 0.263. The Balaban J connectivity index is 1.71. The summed E-state index contributed by atoms with van der Waals surface area (Å²) < 4.78 is 10.7. The minimum Gasteiger partial charge on any atom is -0.491 e. The van der Waals surface area contributed by atoms with Crippen molar-refractivity contribution in [1.29, 1.82) is 5.26 Å². The summed E-state index contributed by atoms with van der Waals surface area (Å²) in [7, 11) is 0. The summed E-state index contributed by atoms with van der Waals surface area (Å²) in [5, 5.41) is 8.77. The first kappa shape index (κ1) is 11.8. The Morgan fingerprint density at radius 3 is 2.16 bits per heavy atom. The molecule has 0 saturated carbocycles. The maximum absolute atomic E-state index is 8.77. The molecule has 94 valence electrons. The molecule has 0 N–H and O–H groups in total. The molecule has 1 aliphatic heterocycles. The van der Waals surface area contributed by atoms with Gasteiger partial charge in [-0.25, -0.2) is 0 Å². The largest absolute Gasteiger partial charge is 0.491 e. The number of rotatable bonds is 4. The number of benzene rings is 2. The summed E-state index contributed by atoms with van der Waals surface area (Å²) in [6.45, 7) is 1.43. The summed E-state index contributed by atoms with van der Waals surface area (Å²) in [5.74, 6) is 0.855. The summed E-state index contributed by atoms with van der Waals surface area (Å²) in [6, 6.07) is 17.6. The van der Waals surface area contributed by atoms with Gasteiger partial charge in [0.1, 0.15) is 18.5 Å². The number of ether oxygens (including phenoxy) is 2. The molecule has 3 nitrogen and oxygen atoms in total. The van der Waals surface area contributed by atoms with Crippen LogP contribution < -0.4 is 4.74 Å². The van der Waals surface area contributed by atoms with Gasteiger partial charge in [0.2, 0.25) is 0 Å². The third-order valence-electron chi connectivity index (χ3n) is 3.04. The van der Waals surface area contributed by atoms with Crippen molar-refractivity contribution in [3.8, 4) is 22.9 Å². The molecule has 0 aromatic heterocycles. The number of nitrogens with zero attached hydrogens (tertiary/aromatic N) is 1. The highest BCUT2D eigenvalue weighted by molar-refractivity contribution is 5.64. The molecule has 1 atom stereocenters. The fraction of sp³-hybridized carbons (Fsp3) is 0.188. The topological polar surface area (TPSA) is 45.5 Å². The fourth-order valence-electron chi connectivity index (χ4n) is 1.83. The van der Waals surface area contributed by atoms with E-state index in [0.29, 0.717) is 12.2 Å². The van der Waals surface area contributed by atoms with E-state index in [2.05, 4.69) is 6.07 Å². The maximum atomic E-state index is 8.77. The average Bonchev–Trinajstić information content (AvgIpc) is 3.30. The first-order valence-corrected chi connectivity index (χ1v) is 6.20. The molecule has 0 amide bonds. The van der Waals surface area contributed by atoms with Crippen LogP contribution in [0.3, 0.4) is 0 Å². The highest BCUT2D eigenvalue weighted by atomic mass is 16.6. The van der Waals surface area contributed by atoms with Crippen LogP contribution in [0.1, 0.15) is 5.56 Å². The lowest BCUT2D eigenvalue weighted by atomic mass is 10.0. The molecule has 2 aromatic rings. The Bertz CT molecular complexity index is 592. The predicted molar refractivity (Wildman–Crippen MR) is 71.8 cm³/mol. The Morgan fingerprint density at radius 2 is 1.63 bits per heavy atom. The van der Waals surface area contributed by atoms with E-state index in [-0.39, 0.29) is 6.10 Å². The number of epoxide rings is 1. The summed E-state index contributed by atoms with van der Waals surface area (Å²) in [5.41, 5.74) is 2.88. The molecule has 0 aliphatic carbocycles. The Hall–Kier alpha value is -2.31. The average molecular weight is 251 g/mol. The molecule has 1 saturated heterocycles. The van der Waals surface area contributed by atoms with Gasteiger partial charge >= 0.3 is 0 Å². The van der Waals surface area contributed by atoms with Gasteiger partial charge in [0.25, 0.3) is 0 Å². The van der Waals surface area contributed by atoms with Gasteiger partial charge in [0.15, 0.2) is 0 Å². The van der Waals surface area contributed by atoms with Crippen LogP contribution in [0.4, 0.5) is 0 Å². The van der Waals surface area contributed by atoms with Gasteiger partial charge in [-0.1, -0.05) is 24.3 Å². The molecule has 1 aliphatic rings. The lowest BCUT2D eigenvalue weighted by Gasteiger charge is -2.06. The highest BCUT2D eigenvalue weighted by Gasteiger charge is 2.22. The van der Waals surface area contributed by atoms with Gasteiger partial charge in [-0.05, 0) is 35.4 Å². The van der Waals surface area contributed by atoms with Crippen molar-refractivity contribution in [2.45, 2.75) is 6.10 Å². The first-order valence-electron chi connectivity index (χ1n) is 6.20. The maximum Gasteiger partial charge on any atom is 0.119 e. The van der Waals surface area contributed by atoms with Crippen LogP contribution in [0.5, 0.6) is 5.75 Å². The predicted octanol–water partition coefficient (Wildman–Crippen LogP) is 3.00. The van der Waals surface area contributed by atoms with E-state index >= 15 is 0 Å². The van der Waals surface area contributed by atoms with Gasteiger partial charge in [-0.2, -0.15) is 5.26 Å². The zero-order valence-electron chi connectivity index (χ0n) is 10.4. The second-order valence-corrected chi connectivity index (χ2v) is 4.48. The zero-order chi connectivity index (χ0) is 13.1. The van der Waals surface area contributed by atoms with E-state index in [1.54, 1.807) is 0 Å². The van der Waals surface area contributed by atoms with Crippen LogP contribution in [-0.4, -0.2) is 19.3 Å². The zero-order valence-corrected chi connectivity index (χ0v) is 10.4. The van der Waals surface area contributed by atoms with E-state index in [0.717, 1.165) is 23.5 Å². The van der Waals surface area contributed by atoms with Crippen molar-refractivity contribution in [3.05, 3.63) is 54.1 Å². The highest BCUT2D eigenvalue weighted by Crippen LogP contribution is 2.23. The smallest absolute Gasteiger partial charge is 0.119 e. The Labute approximate surface area is 112 Å². The van der Waals surface area contributed by atoms with Crippen LogP contribution in [0.15, 0.2) is 48.5 Å². The van der Waals surface area contributed by atoms with Crippen molar-refractivity contribution < 1.29 is 9.47 Å². The van der Waals surface area contributed by atoms with E-state index in [1.165, 1.54) is 0 Å². The molecule has 2 aromatic carbocycles. The SMILES string of the molecule is N#Cc1ccc(-c2ccc(OC[C@H]3CO3)cc2)cc1. The van der Waals surface area contributed by atoms with Gasteiger partial charge in [-0.15, -0.1) is 0 Å². The van der Waals surface area contributed by atoms with Crippen LogP contribution in [-0.2, 0) is 4.74 Å². The van der Waals surface area contributed by atoms with Crippen molar-refractivity contribution >= 4 is 0 Å². The number of hydrogen-bond acceptors (Lipinski definition) is 3. The van der Waals surface area contributed by atoms with Crippen LogP contribution in [0.25, 0.3) is 11.1 Å². The molecule has 0 spiro atoms. The number of hydrogen-bond donors (Lipinski definition) is 0. The minimum absolute atomic E-state index is 0.276. The molecular weight excluding hydrogens is 238 g/mol. The fourth-order valence-corrected chi connectivity index (χ4v) is 1.83. The molecular formula is C16H13NO2. The molecule has 0 unspecified atom stereocenters. The summed E-state index contributed by atoms with van der Waals surface area (Å²) in [6.07, 6.45) is 0.276. The van der Waals surface area contributed by atoms with E-state index in [4.69, 9.17) is 14.7 Å². The quantitative estimate of drug-likeness (QED) is 0.785. The normalized spacial score (nSPS) is 16.7. The van der Waals surface area contributed by atoms with Crippen molar-refractivity contribution in [2.24, 2.45) is 0 Å². The van der Waals surface area contributed by atoms with Gasteiger partial charge in [0, 0.05) is 0 Å². The third-order valence-corrected chi connectivity index (χ3v) is 3.04. The van der Waals surface area contributed by atoms with Gasteiger partial charge < -0.3 is 9.47 Å². The monoisotopic (exact) mass is 251 g/mol. The first-order chi connectivity index (χ1) is 9.35. The van der Waals surface area contributed by atoms with Crippen molar-refractivity contribution in [3.63, 3.8) is 0 Å². The van der Waals surface area contributed by atoms with E-state index in [9.17, 15) is 0 Å². The lowest BCUT2D eigenvalue weighted by Crippen LogP contribution is -2.03. The standard InChI is InChI=1S/C16H13NO2/c17-9-12-1-3-13(4-2-12)14-5-7-15(8-6-14)18-10-16-11-19-16/h1-8,16H,10-11H2/t16-/m0/s1. The van der Waals surface area contributed by atoms with Crippen LogP contribution in [0, 0.1) is 11.3 Å². The van der Waals surface area contributed by atoms with Crippen LogP contribution in [0.2, 0.25) is 0 Å². The molecule has 1 heterocycles.